The minimum atomic E-state index is 0.248. The molecule has 102 valence electrons. The van der Waals surface area contributed by atoms with Crippen LogP contribution in [0.25, 0.3) is 0 Å². The van der Waals surface area contributed by atoms with Gasteiger partial charge in [0, 0.05) is 25.1 Å². The van der Waals surface area contributed by atoms with Crippen LogP contribution in [-0.2, 0) is 4.74 Å². The van der Waals surface area contributed by atoms with Gasteiger partial charge in [0.05, 0.1) is 17.4 Å². The SMILES string of the molecule is COC1CN(c2cccc(SC)c2C#N)CCC1C. The largest absolute Gasteiger partial charge is 0.379 e. The Kier molecular flexibility index (Phi) is 4.73. The van der Waals surface area contributed by atoms with Crippen molar-refractivity contribution in [3.8, 4) is 6.07 Å². The summed E-state index contributed by atoms with van der Waals surface area (Å²) in [4.78, 5) is 3.33. The molecule has 0 N–H and O–H groups in total. The van der Waals surface area contributed by atoms with E-state index in [-0.39, 0.29) is 6.10 Å². The molecule has 2 atom stereocenters. The van der Waals surface area contributed by atoms with Gasteiger partial charge in [-0.3, -0.25) is 0 Å². The zero-order chi connectivity index (χ0) is 13.8. The highest BCUT2D eigenvalue weighted by atomic mass is 32.2. The van der Waals surface area contributed by atoms with E-state index in [4.69, 9.17) is 4.74 Å². The molecule has 2 unspecified atom stereocenters. The molecule has 1 saturated heterocycles. The summed E-state index contributed by atoms with van der Waals surface area (Å²) >= 11 is 1.62. The van der Waals surface area contributed by atoms with Crippen LogP contribution in [-0.4, -0.2) is 32.6 Å². The van der Waals surface area contributed by atoms with Crippen molar-refractivity contribution in [3.05, 3.63) is 23.8 Å². The molecule has 0 spiro atoms. The average molecular weight is 276 g/mol. The van der Waals surface area contributed by atoms with Crippen molar-refractivity contribution >= 4 is 17.4 Å². The van der Waals surface area contributed by atoms with Crippen molar-refractivity contribution in [2.24, 2.45) is 5.92 Å². The number of rotatable bonds is 3. The summed E-state index contributed by atoms with van der Waals surface area (Å²) in [6.07, 6.45) is 3.36. The van der Waals surface area contributed by atoms with Gasteiger partial charge in [-0.25, -0.2) is 0 Å². The lowest BCUT2D eigenvalue weighted by atomic mass is 9.95. The predicted octanol–water partition coefficient (Wildman–Crippen LogP) is 3.14. The van der Waals surface area contributed by atoms with E-state index >= 15 is 0 Å². The summed E-state index contributed by atoms with van der Waals surface area (Å²) in [5.41, 5.74) is 1.84. The van der Waals surface area contributed by atoms with Crippen molar-refractivity contribution < 1.29 is 4.74 Å². The van der Waals surface area contributed by atoms with Crippen LogP contribution in [0.4, 0.5) is 5.69 Å². The number of nitrogens with zero attached hydrogens (tertiary/aromatic N) is 2. The molecule has 3 nitrogen and oxygen atoms in total. The van der Waals surface area contributed by atoms with Crippen LogP contribution >= 0.6 is 11.8 Å². The first-order valence-corrected chi connectivity index (χ1v) is 7.78. The second kappa shape index (κ2) is 6.31. The standard InChI is InChI=1S/C15H20N2OS/c1-11-7-8-17(10-14(11)18-2)13-5-4-6-15(19-3)12(13)9-16/h4-6,11,14H,7-8,10H2,1-3H3. The molecule has 0 saturated carbocycles. The summed E-state index contributed by atoms with van der Waals surface area (Å²) in [5, 5.41) is 9.41. The third-order valence-electron chi connectivity index (χ3n) is 3.87. The lowest BCUT2D eigenvalue weighted by Crippen LogP contribution is -2.44. The van der Waals surface area contributed by atoms with Crippen LogP contribution in [0.15, 0.2) is 23.1 Å². The molecule has 0 amide bonds. The first kappa shape index (κ1) is 14.2. The van der Waals surface area contributed by atoms with E-state index in [0.717, 1.165) is 35.7 Å². The minimum absolute atomic E-state index is 0.248. The molecule has 0 bridgehead atoms. The number of thioether (sulfide) groups is 1. The number of methoxy groups -OCH3 is 1. The van der Waals surface area contributed by atoms with E-state index < -0.39 is 0 Å². The van der Waals surface area contributed by atoms with Crippen LogP contribution in [0.2, 0.25) is 0 Å². The molecule has 1 aliphatic heterocycles. The molecular weight excluding hydrogens is 256 g/mol. The van der Waals surface area contributed by atoms with Gasteiger partial charge in [0.1, 0.15) is 6.07 Å². The summed E-state index contributed by atoms with van der Waals surface area (Å²) < 4.78 is 5.56. The maximum absolute atomic E-state index is 9.41. The fourth-order valence-corrected chi connectivity index (χ4v) is 3.19. The molecule has 2 rings (SSSR count). The number of benzene rings is 1. The van der Waals surface area contributed by atoms with Crippen LogP contribution in [0.3, 0.4) is 0 Å². The molecule has 0 radical (unpaired) electrons. The zero-order valence-electron chi connectivity index (χ0n) is 11.7. The number of ether oxygens (including phenoxy) is 1. The molecular formula is C15H20N2OS. The summed E-state index contributed by atoms with van der Waals surface area (Å²) in [5.74, 6) is 0.579. The van der Waals surface area contributed by atoms with Gasteiger partial charge in [-0.15, -0.1) is 11.8 Å². The number of hydrogen-bond acceptors (Lipinski definition) is 4. The summed E-state index contributed by atoms with van der Waals surface area (Å²) in [7, 11) is 1.77. The molecule has 1 aliphatic rings. The Morgan fingerprint density at radius 1 is 1.47 bits per heavy atom. The molecule has 1 heterocycles. The van der Waals surface area contributed by atoms with Crippen molar-refractivity contribution in [2.75, 3.05) is 31.4 Å². The van der Waals surface area contributed by atoms with Crippen molar-refractivity contribution in [1.82, 2.24) is 0 Å². The van der Waals surface area contributed by atoms with Crippen molar-refractivity contribution in [3.63, 3.8) is 0 Å². The van der Waals surface area contributed by atoms with Crippen molar-refractivity contribution in [2.45, 2.75) is 24.3 Å². The molecule has 1 fully saturated rings. The maximum atomic E-state index is 9.41. The van der Waals surface area contributed by atoms with E-state index in [9.17, 15) is 5.26 Å². The van der Waals surface area contributed by atoms with E-state index in [1.54, 1.807) is 18.9 Å². The Labute approximate surface area is 119 Å². The molecule has 0 aromatic heterocycles. The number of nitriles is 1. The lowest BCUT2D eigenvalue weighted by molar-refractivity contribution is 0.0498. The van der Waals surface area contributed by atoms with Gasteiger partial charge in [0.2, 0.25) is 0 Å². The highest BCUT2D eigenvalue weighted by Crippen LogP contribution is 2.32. The van der Waals surface area contributed by atoms with Gasteiger partial charge in [0.25, 0.3) is 0 Å². The number of anilines is 1. The van der Waals surface area contributed by atoms with E-state index in [1.165, 1.54) is 0 Å². The van der Waals surface area contributed by atoms with Crippen LogP contribution in [0.1, 0.15) is 18.9 Å². The third-order valence-corrected chi connectivity index (χ3v) is 4.65. The highest BCUT2D eigenvalue weighted by Gasteiger charge is 2.27. The molecule has 0 aliphatic carbocycles. The van der Waals surface area contributed by atoms with Gasteiger partial charge < -0.3 is 9.64 Å². The fourth-order valence-electron chi connectivity index (χ4n) is 2.62. The first-order valence-electron chi connectivity index (χ1n) is 6.56. The average Bonchev–Trinajstić information content (AvgIpc) is 2.46. The Morgan fingerprint density at radius 3 is 2.89 bits per heavy atom. The minimum Gasteiger partial charge on any atom is -0.379 e. The normalized spacial score (nSPS) is 23.2. The smallest absolute Gasteiger partial charge is 0.103 e. The van der Waals surface area contributed by atoms with Gasteiger partial charge in [0.15, 0.2) is 0 Å². The molecule has 4 heteroatoms. The Hall–Kier alpha value is -1.18. The van der Waals surface area contributed by atoms with Gasteiger partial charge in [-0.1, -0.05) is 13.0 Å². The Morgan fingerprint density at radius 2 is 2.26 bits per heavy atom. The van der Waals surface area contributed by atoms with Crippen LogP contribution < -0.4 is 4.90 Å². The molecule has 1 aromatic carbocycles. The van der Waals surface area contributed by atoms with E-state index in [0.29, 0.717) is 5.92 Å². The van der Waals surface area contributed by atoms with Gasteiger partial charge >= 0.3 is 0 Å². The Balaban J connectivity index is 2.30. The highest BCUT2D eigenvalue weighted by molar-refractivity contribution is 7.98. The first-order chi connectivity index (χ1) is 9.21. The second-order valence-electron chi connectivity index (χ2n) is 4.95. The van der Waals surface area contributed by atoms with E-state index in [1.807, 2.05) is 24.5 Å². The molecule has 1 aromatic rings. The monoisotopic (exact) mass is 276 g/mol. The van der Waals surface area contributed by atoms with Gasteiger partial charge in [-0.05, 0) is 30.7 Å². The number of piperidine rings is 1. The number of hydrogen-bond donors (Lipinski definition) is 0. The Bertz CT molecular complexity index is 484. The van der Waals surface area contributed by atoms with Crippen LogP contribution in [0.5, 0.6) is 0 Å². The van der Waals surface area contributed by atoms with E-state index in [2.05, 4.69) is 17.9 Å². The van der Waals surface area contributed by atoms with Crippen LogP contribution in [0, 0.1) is 17.2 Å². The topological polar surface area (TPSA) is 36.3 Å². The predicted molar refractivity (Wildman–Crippen MR) is 79.7 cm³/mol. The quantitative estimate of drug-likeness (QED) is 0.795. The summed E-state index contributed by atoms with van der Waals surface area (Å²) in [6.45, 7) is 4.09. The zero-order valence-corrected chi connectivity index (χ0v) is 12.5. The lowest BCUT2D eigenvalue weighted by Gasteiger charge is -2.38. The fraction of sp³-hybridized carbons (Fsp3) is 0.533. The second-order valence-corrected chi connectivity index (χ2v) is 5.80. The van der Waals surface area contributed by atoms with Gasteiger partial charge in [-0.2, -0.15) is 5.26 Å². The molecule has 19 heavy (non-hydrogen) atoms. The third kappa shape index (κ3) is 2.88. The summed E-state index contributed by atoms with van der Waals surface area (Å²) in [6, 6.07) is 8.43. The van der Waals surface area contributed by atoms with Crippen molar-refractivity contribution in [1.29, 1.82) is 5.26 Å². The maximum Gasteiger partial charge on any atom is 0.103 e.